The van der Waals surface area contributed by atoms with Crippen molar-refractivity contribution in [2.45, 2.75) is 26.2 Å². The zero-order chi connectivity index (χ0) is 8.81. The fraction of sp³-hybridized carbons (Fsp3) is 0.889. The first kappa shape index (κ1) is 9.52. The standard InChI is InChI=1S/C9H18N2O/c1-2-11-9(12)7-10-6-5-8-3-4-8/h8,10H,2-7H2,1H3,(H,11,12). The summed E-state index contributed by atoms with van der Waals surface area (Å²) < 4.78 is 0. The van der Waals surface area contributed by atoms with Crippen LogP contribution in [-0.4, -0.2) is 25.5 Å². The molecule has 0 bridgehead atoms. The van der Waals surface area contributed by atoms with Crippen molar-refractivity contribution in [2.24, 2.45) is 5.92 Å². The Morgan fingerprint density at radius 3 is 2.83 bits per heavy atom. The van der Waals surface area contributed by atoms with Crippen LogP contribution in [0.3, 0.4) is 0 Å². The highest BCUT2D eigenvalue weighted by Crippen LogP contribution is 2.31. The van der Waals surface area contributed by atoms with E-state index in [1.807, 2.05) is 6.92 Å². The maximum Gasteiger partial charge on any atom is 0.233 e. The SMILES string of the molecule is CCNC(=O)CNCCC1CC1. The Morgan fingerprint density at radius 2 is 2.25 bits per heavy atom. The molecule has 3 nitrogen and oxygen atoms in total. The van der Waals surface area contributed by atoms with Crippen LogP contribution in [0.25, 0.3) is 0 Å². The smallest absolute Gasteiger partial charge is 0.233 e. The number of carbonyl (C=O) groups is 1. The van der Waals surface area contributed by atoms with Crippen LogP contribution in [0.4, 0.5) is 0 Å². The molecule has 0 atom stereocenters. The van der Waals surface area contributed by atoms with E-state index in [0.29, 0.717) is 6.54 Å². The van der Waals surface area contributed by atoms with E-state index in [2.05, 4.69) is 10.6 Å². The summed E-state index contributed by atoms with van der Waals surface area (Å²) in [5.74, 6) is 1.06. The summed E-state index contributed by atoms with van der Waals surface area (Å²) in [5.41, 5.74) is 0. The molecule has 70 valence electrons. The number of amides is 1. The van der Waals surface area contributed by atoms with Crippen LogP contribution in [-0.2, 0) is 4.79 Å². The Hall–Kier alpha value is -0.570. The molecule has 0 aromatic carbocycles. The molecule has 0 saturated heterocycles. The zero-order valence-corrected chi connectivity index (χ0v) is 7.73. The van der Waals surface area contributed by atoms with E-state index in [-0.39, 0.29) is 5.91 Å². The lowest BCUT2D eigenvalue weighted by molar-refractivity contribution is -0.120. The molecule has 0 aliphatic heterocycles. The van der Waals surface area contributed by atoms with Gasteiger partial charge in [0.1, 0.15) is 0 Å². The van der Waals surface area contributed by atoms with Crippen molar-refractivity contribution in [3.8, 4) is 0 Å². The number of hydrogen-bond acceptors (Lipinski definition) is 2. The number of nitrogens with one attached hydrogen (secondary N) is 2. The van der Waals surface area contributed by atoms with Crippen molar-refractivity contribution in [1.29, 1.82) is 0 Å². The third-order valence-electron chi connectivity index (χ3n) is 2.09. The molecule has 12 heavy (non-hydrogen) atoms. The summed E-state index contributed by atoms with van der Waals surface area (Å²) in [6, 6.07) is 0. The first-order chi connectivity index (χ1) is 5.83. The van der Waals surface area contributed by atoms with Gasteiger partial charge in [-0.2, -0.15) is 0 Å². The predicted molar refractivity (Wildman–Crippen MR) is 48.9 cm³/mol. The zero-order valence-electron chi connectivity index (χ0n) is 7.73. The molecule has 0 unspecified atom stereocenters. The molecule has 0 spiro atoms. The number of rotatable bonds is 6. The summed E-state index contributed by atoms with van der Waals surface area (Å²) in [6.45, 7) is 4.12. The lowest BCUT2D eigenvalue weighted by Gasteiger charge is -2.03. The highest BCUT2D eigenvalue weighted by molar-refractivity contribution is 5.77. The van der Waals surface area contributed by atoms with E-state index in [1.54, 1.807) is 0 Å². The van der Waals surface area contributed by atoms with E-state index in [1.165, 1.54) is 19.3 Å². The Kier molecular flexibility index (Phi) is 4.08. The van der Waals surface area contributed by atoms with Crippen LogP contribution in [0.1, 0.15) is 26.2 Å². The monoisotopic (exact) mass is 170 g/mol. The third kappa shape index (κ3) is 4.34. The van der Waals surface area contributed by atoms with Crippen molar-refractivity contribution < 1.29 is 4.79 Å². The lowest BCUT2D eigenvalue weighted by Crippen LogP contribution is -2.34. The Bertz CT molecular complexity index is 143. The van der Waals surface area contributed by atoms with Crippen molar-refractivity contribution in [1.82, 2.24) is 10.6 Å². The topological polar surface area (TPSA) is 41.1 Å². The van der Waals surface area contributed by atoms with Gasteiger partial charge in [0.2, 0.25) is 5.91 Å². The van der Waals surface area contributed by atoms with E-state index >= 15 is 0 Å². The van der Waals surface area contributed by atoms with Gasteiger partial charge in [0.25, 0.3) is 0 Å². The van der Waals surface area contributed by atoms with Crippen molar-refractivity contribution >= 4 is 5.91 Å². The van der Waals surface area contributed by atoms with Crippen LogP contribution in [0.15, 0.2) is 0 Å². The normalized spacial score (nSPS) is 16.1. The molecule has 1 amide bonds. The minimum Gasteiger partial charge on any atom is -0.355 e. The summed E-state index contributed by atoms with van der Waals surface area (Å²) in [6.07, 6.45) is 4.02. The summed E-state index contributed by atoms with van der Waals surface area (Å²) >= 11 is 0. The Labute approximate surface area is 73.9 Å². The molecule has 1 aliphatic rings. The highest BCUT2D eigenvalue weighted by Gasteiger charge is 2.19. The van der Waals surface area contributed by atoms with Gasteiger partial charge in [-0.25, -0.2) is 0 Å². The molecule has 1 fully saturated rings. The first-order valence-corrected chi connectivity index (χ1v) is 4.80. The fourth-order valence-corrected chi connectivity index (χ4v) is 1.17. The fourth-order valence-electron chi connectivity index (χ4n) is 1.17. The average molecular weight is 170 g/mol. The molecule has 0 heterocycles. The van der Waals surface area contributed by atoms with Crippen LogP contribution >= 0.6 is 0 Å². The average Bonchev–Trinajstić information content (AvgIpc) is 2.82. The molecule has 1 aliphatic carbocycles. The second-order valence-corrected chi connectivity index (χ2v) is 3.36. The molecular formula is C9H18N2O. The minimum absolute atomic E-state index is 0.105. The van der Waals surface area contributed by atoms with E-state index in [4.69, 9.17) is 0 Å². The molecule has 1 rings (SSSR count). The van der Waals surface area contributed by atoms with Gasteiger partial charge in [0, 0.05) is 6.54 Å². The second kappa shape index (κ2) is 5.14. The van der Waals surface area contributed by atoms with Gasteiger partial charge in [-0.05, 0) is 25.8 Å². The maximum atomic E-state index is 10.9. The molecule has 2 N–H and O–H groups in total. The molecule has 0 aromatic heterocycles. The quantitative estimate of drug-likeness (QED) is 0.570. The maximum absolute atomic E-state index is 10.9. The molecule has 1 saturated carbocycles. The van der Waals surface area contributed by atoms with Gasteiger partial charge in [-0.1, -0.05) is 12.8 Å². The van der Waals surface area contributed by atoms with Crippen LogP contribution < -0.4 is 10.6 Å². The molecule has 3 heteroatoms. The van der Waals surface area contributed by atoms with E-state index < -0.39 is 0 Å². The van der Waals surface area contributed by atoms with Gasteiger partial charge < -0.3 is 10.6 Å². The van der Waals surface area contributed by atoms with Gasteiger partial charge >= 0.3 is 0 Å². The van der Waals surface area contributed by atoms with Crippen LogP contribution in [0, 0.1) is 5.92 Å². The first-order valence-electron chi connectivity index (χ1n) is 4.80. The third-order valence-corrected chi connectivity index (χ3v) is 2.09. The number of hydrogen-bond donors (Lipinski definition) is 2. The molecule has 0 aromatic rings. The predicted octanol–water partition coefficient (Wildman–Crippen LogP) is 0.512. The van der Waals surface area contributed by atoms with Gasteiger partial charge in [-0.15, -0.1) is 0 Å². The minimum atomic E-state index is 0.105. The Balaban J connectivity index is 1.83. The molecule has 0 radical (unpaired) electrons. The lowest BCUT2D eigenvalue weighted by atomic mass is 10.3. The summed E-state index contributed by atoms with van der Waals surface area (Å²) in [5, 5.41) is 5.88. The second-order valence-electron chi connectivity index (χ2n) is 3.36. The van der Waals surface area contributed by atoms with Gasteiger partial charge in [-0.3, -0.25) is 4.79 Å². The number of likely N-dealkylation sites (N-methyl/N-ethyl adjacent to an activating group) is 1. The highest BCUT2D eigenvalue weighted by atomic mass is 16.1. The van der Waals surface area contributed by atoms with Gasteiger partial charge in [0.05, 0.1) is 6.54 Å². The number of carbonyl (C=O) groups excluding carboxylic acids is 1. The summed E-state index contributed by atoms with van der Waals surface area (Å²) in [7, 11) is 0. The summed E-state index contributed by atoms with van der Waals surface area (Å²) in [4.78, 5) is 10.9. The van der Waals surface area contributed by atoms with Crippen LogP contribution in [0.2, 0.25) is 0 Å². The van der Waals surface area contributed by atoms with Gasteiger partial charge in [0.15, 0.2) is 0 Å². The van der Waals surface area contributed by atoms with Crippen molar-refractivity contribution in [3.63, 3.8) is 0 Å². The van der Waals surface area contributed by atoms with E-state index in [0.717, 1.165) is 19.0 Å². The Morgan fingerprint density at radius 1 is 1.50 bits per heavy atom. The van der Waals surface area contributed by atoms with Crippen molar-refractivity contribution in [2.75, 3.05) is 19.6 Å². The van der Waals surface area contributed by atoms with Crippen LogP contribution in [0.5, 0.6) is 0 Å². The van der Waals surface area contributed by atoms with Crippen molar-refractivity contribution in [3.05, 3.63) is 0 Å². The van der Waals surface area contributed by atoms with E-state index in [9.17, 15) is 4.79 Å². The molecular weight excluding hydrogens is 152 g/mol. The largest absolute Gasteiger partial charge is 0.355 e.